The maximum absolute atomic E-state index is 13.8. The molecular weight excluding hydrogens is 272 g/mol. The molecule has 1 aromatic heterocycles. The largest absolute Gasteiger partial charge is 0.310 e. The Morgan fingerprint density at radius 1 is 1.29 bits per heavy atom. The van der Waals surface area contributed by atoms with Gasteiger partial charge in [-0.2, -0.15) is 5.10 Å². The summed E-state index contributed by atoms with van der Waals surface area (Å²) in [4.78, 5) is 0. The summed E-state index contributed by atoms with van der Waals surface area (Å²) < 4.78 is 28.8. The number of nitrogens with zero attached hydrogens (tertiary/aromatic N) is 2. The van der Waals surface area contributed by atoms with Crippen molar-refractivity contribution >= 4 is 0 Å². The van der Waals surface area contributed by atoms with Gasteiger partial charge in [-0.25, -0.2) is 8.78 Å². The Balaban J connectivity index is 1.81. The Bertz CT molecular complexity index is 660. The maximum Gasteiger partial charge on any atom is 0.163 e. The van der Waals surface area contributed by atoms with Gasteiger partial charge >= 0.3 is 0 Å². The van der Waals surface area contributed by atoms with Gasteiger partial charge in [0.2, 0.25) is 0 Å². The highest BCUT2D eigenvalue weighted by Gasteiger charge is 2.22. The highest BCUT2D eigenvalue weighted by molar-refractivity contribution is 5.26. The van der Waals surface area contributed by atoms with Gasteiger partial charge in [0.1, 0.15) is 0 Å². The summed E-state index contributed by atoms with van der Waals surface area (Å²) in [5.74, 6) is -1.60. The van der Waals surface area contributed by atoms with Crippen LogP contribution >= 0.6 is 0 Å². The first-order chi connectivity index (χ1) is 10.1. The van der Waals surface area contributed by atoms with E-state index in [-0.39, 0.29) is 6.54 Å². The molecular formula is C16H19F2N3. The van der Waals surface area contributed by atoms with Crippen LogP contribution < -0.4 is 5.32 Å². The van der Waals surface area contributed by atoms with Crippen molar-refractivity contribution in [1.29, 1.82) is 0 Å². The molecule has 0 atom stereocenters. The minimum atomic E-state index is -0.815. The Morgan fingerprint density at radius 3 is 2.76 bits per heavy atom. The molecule has 3 rings (SSSR count). The molecule has 1 aliphatic rings. The van der Waals surface area contributed by atoms with E-state index in [4.69, 9.17) is 0 Å². The first-order valence-corrected chi connectivity index (χ1v) is 7.25. The van der Waals surface area contributed by atoms with Crippen LogP contribution in [0.3, 0.4) is 0 Å². The van der Waals surface area contributed by atoms with E-state index in [0.29, 0.717) is 11.6 Å². The van der Waals surface area contributed by atoms with Crippen molar-refractivity contribution in [2.45, 2.75) is 45.8 Å². The molecule has 0 unspecified atom stereocenters. The van der Waals surface area contributed by atoms with Crippen molar-refractivity contribution in [2.24, 2.45) is 0 Å². The van der Waals surface area contributed by atoms with Crippen LogP contribution in [0.1, 0.15) is 35.4 Å². The van der Waals surface area contributed by atoms with Crippen LogP contribution in [0.5, 0.6) is 0 Å². The first kappa shape index (κ1) is 14.2. The Morgan fingerprint density at radius 2 is 2.05 bits per heavy atom. The molecule has 112 valence electrons. The number of halogens is 2. The van der Waals surface area contributed by atoms with Crippen molar-refractivity contribution < 1.29 is 8.78 Å². The fraction of sp³-hybridized carbons (Fsp3) is 0.438. The lowest BCUT2D eigenvalue weighted by Gasteiger charge is -2.08. The number of aryl methyl sites for hydroxylation is 1. The summed E-state index contributed by atoms with van der Waals surface area (Å²) in [6.45, 7) is 4.96. The molecule has 0 saturated heterocycles. The fourth-order valence-electron chi connectivity index (χ4n) is 2.51. The van der Waals surface area contributed by atoms with Crippen molar-refractivity contribution in [3.8, 4) is 0 Å². The summed E-state index contributed by atoms with van der Waals surface area (Å²) in [5, 5.41) is 7.93. The summed E-state index contributed by atoms with van der Waals surface area (Å²) in [7, 11) is 0. The van der Waals surface area contributed by atoms with Gasteiger partial charge < -0.3 is 5.32 Å². The average molecular weight is 291 g/mol. The number of rotatable bonds is 5. The van der Waals surface area contributed by atoms with Gasteiger partial charge in [-0.1, -0.05) is 12.1 Å². The third-order valence-electron chi connectivity index (χ3n) is 4.03. The van der Waals surface area contributed by atoms with E-state index in [2.05, 4.69) is 10.4 Å². The number of benzene rings is 1. The molecule has 1 saturated carbocycles. The van der Waals surface area contributed by atoms with Crippen molar-refractivity contribution in [1.82, 2.24) is 15.1 Å². The highest BCUT2D eigenvalue weighted by Crippen LogP contribution is 2.21. The molecule has 0 aliphatic heterocycles. The number of hydrogen-bond acceptors (Lipinski definition) is 2. The fourth-order valence-corrected chi connectivity index (χ4v) is 2.51. The molecule has 2 aromatic rings. The summed E-state index contributed by atoms with van der Waals surface area (Å²) in [6.07, 6.45) is 2.47. The minimum Gasteiger partial charge on any atom is -0.310 e. The van der Waals surface area contributed by atoms with E-state index in [1.807, 2.05) is 13.8 Å². The van der Waals surface area contributed by atoms with Crippen LogP contribution in [-0.2, 0) is 13.1 Å². The van der Waals surface area contributed by atoms with Gasteiger partial charge in [0, 0.05) is 29.4 Å². The molecule has 0 radical (unpaired) electrons. The second kappa shape index (κ2) is 5.56. The zero-order chi connectivity index (χ0) is 15.0. The molecule has 3 nitrogen and oxygen atoms in total. The van der Waals surface area contributed by atoms with E-state index in [1.165, 1.54) is 18.9 Å². The van der Waals surface area contributed by atoms with Crippen molar-refractivity contribution in [3.63, 3.8) is 0 Å². The third kappa shape index (κ3) is 2.97. The van der Waals surface area contributed by atoms with Crippen LogP contribution in [-0.4, -0.2) is 15.8 Å². The number of hydrogen-bond donors (Lipinski definition) is 1. The van der Waals surface area contributed by atoms with Crippen LogP contribution in [0, 0.1) is 25.5 Å². The average Bonchev–Trinajstić information content (AvgIpc) is 3.23. The normalized spacial score (nSPS) is 14.7. The summed E-state index contributed by atoms with van der Waals surface area (Å²) in [5.41, 5.74) is 3.42. The van der Waals surface area contributed by atoms with Gasteiger partial charge in [0.05, 0.1) is 12.2 Å². The van der Waals surface area contributed by atoms with Crippen molar-refractivity contribution in [2.75, 3.05) is 0 Å². The molecule has 21 heavy (non-hydrogen) atoms. The van der Waals surface area contributed by atoms with E-state index in [1.54, 1.807) is 10.7 Å². The van der Waals surface area contributed by atoms with Crippen LogP contribution in [0.15, 0.2) is 18.2 Å². The molecule has 1 fully saturated rings. The van der Waals surface area contributed by atoms with Gasteiger partial charge in [-0.15, -0.1) is 0 Å². The van der Waals surface area contributed by atoms with E-state index < -0.39 is 11.6 Å². The SMILES string of the molecule is Cc1nn(Cc2cccc(F)c2F)c(C)c1CNC1CC1. The standard InChI is InChI=1S/C16H19F2N3/c1-10-14(8-19-13-6-7-13)11(2)21(20-10)9-12-4-3-5-15(17)16(12)18/h3-5,13,19H,6-9H2,1-2H3. The second-order valence-electron chi connectivity index (χ2n) is 5.68. The van der Waals surface area contributed by atoms with E-state index in [9.17, 15) is 8.78 Å². The van der Waals surface area contributed by atoms with Gasteiger partial charge in [0.15, 0.2) is 11.6 Å². The molecule has 0 amide bonds. The quantitative estimate of drug-likeness (QED) is 0.917. The molecule has 0 bridgehead atoms. The van der Waals surface area contributed by atoms with Gasteiger partial charge in [0.25, 0.3) is 0 Å². The molecule has 0 spiro atoms. The van der Waals surface area contributed by atoms with Crippen molar-refractivity contribution in [3.05, 3.63) is 52.3 Å². The van der Waals surface area contributed by atoms with Crippen LogP contribution in [0.4, 0.5) is 8.78 Å². The molecule has 1 N–H and O–H groups in total. The minimum absolute atomic E-state index is 0.250. The Labute approximate surface area is 123 Å². The van der Waals surface area contributed by atoms with E-state index in [0.717, 1.165) is 29.6 Å². The summed E-state index contributed by atoms with van der Waals surface area (Å²) in [6, 6.07) is 4.88. The molecule has 1 aliphatic carbocycles. The highest BCUT2D eigenvalue weighted by atomic mass is 19.2. The Hall–Kier alpha value is -1.75. The first-order valence-electron chi connectivity index (χ1n) is 7.25. The molecule has 1 aromatic carbocycles. The second-order valence-corrected chi connectivity index (χ2v) is 5.68. The van der Waals surface area contributed by atoms with E-state index >= 15 is 0 Å². The predicted octanol–water partition coefficient (Wildman–Crippen LogP) is 3.08. The lowest BCUT2D eigenvalue weighted by Crippen LogP contribution is -2.16. The lowest BCUT2D eigenvalue weighted by atomic mass is 10.2. The zero-order valence-corrected chi connectivity index (χ0v) is 12.3. The third-order valence-corrected chi connectivity index (χ3v) is 4.03. The smallest absolute Gasteiger partial charge is 0.163 e. The van der Waals surface area contributed by atoms with Crippen LogP contribution in [0.2, 0.25) is 0 Å². The topological polar surface area (TPSA) is 29.9 Å². The predicted molar refractivity (Wildman–Crippen MR) is 77.0 cm³/mol. The lowest BCUT2D eigenvalue weighted by molar-refractivity contribution is 0.490. The number of nitrogens with one attached hydrogen (secondary N) is 1. The monoisotopic (exact) mass is 291 g/mol. The zero-order valence-electron chi connectivity index (χ0n) is 12.3. The maximum atomic E-state index is 13.8. The van der Waals surface area contributed by atoms with Gasteiger partial charge in [-0.3, -0.25) is 4.68 Å². The molecule has 1 heterocycles. The summed E-state index contributed by atoms with van der Waals surface area (Å²) >= 11 is 0. The number of aromatic nitrogens is 2. The van der Waals surface area contributed by atoms with Crippen LogP contribution in [0.25, 0.3) is 0 Å². The molecule has 5 heteroatoms. The Kier molecular flexibility index (Phi) is 3.76. The van der Waals surface area contributed by atoms with Gasteiger partial charge in [-0.05, 0) is 32.8 Å².